The van der Waals surface area contributed by atoms with E-state index in [0.717, 1.165) is 0 Å². The van der Waals surface area contributed by atoms with Crippen LogP contribution < -0.4 is 0 Å². The summed E-state index contributed by atoms with van der Waals surface area (Å²) in [5.74, 6) is -1.70. The Hall–Kier alpha value is -0.350. The third-order valence-electron chi connectivity index (χ3n) is 1.71. The molecule has 0 rings (SSSR count). The molecule has 0 aliphatic rings. The highest BCUT2D eigenvalue weighted by molar-refractivity contribution is 7.86. The number of nitrogens with zero attached hydrogens (tertiary/aromatic N) is 1. The van der Waals surface area contributed by atoms with Crippen LogP contribution in [0, 0.1) is 11.3 Å². The number of hydrogen-bond donors (Lipinski definition) is 1. The number of ketones is 1. The van der Waals surface area contributed by atoms with Crippen LogP contribution in [0.5, 0.6) is 0 Å². The number of carbonyl (C=O) groups excluding carboxylic acids is 1. The Labute approximate surface area is 104 Å². The maximum Gasteiger partial charge on any atom is 0.268 e. The standard InChI is InChI=1S/C8H11Cl2NO4S/c9-8(10,6-16(13,14)15)7(12)4-2-1-3-5-11/h1-4,6H2,(H,13,14,15). The fourth-order valence-electron chi connectivity index (χ4n) is 0.982. The number of hydrogen-bond acceptors (Lipinski definition) is 4. The first-order valence-electron chi connectivity index (χ1n) is 4.42. The van der Waals surface area contributed by atoms with Gasteiger partial charge >= 0.3 is 0 Å². The fraction of sp³-hybridized carbons (Fsp3) is 0.750. The maximum absolute atomic E-state index is 11.4. The molecule has 92 valence electrons. The lowest BCUT2D eigenvalue weighted by Crippen LogP contribution is -2.34. The van der Waals surface area contributed by atoms with Crippen LogP contribution in [0.25, 0.3) is 0 Å². The van der Waals surface area contributed by atoms with E-state index in [1.165, 1.54) is 0 Å². The van der Waals surface area contributed by atoms with Gasteiger partial charge < -0.3 is 0 Å². The first-order chi connectivity index (χ1) is 7.19. The van der Waals surface area contributed by atoms with Crippen LogP contribution in [0.1, 0.15) is 25.7 Å². The second kappa shape index (κ2) is 6.40. The third-order valence-corrected chi connectivity index (χ3v) is 3.52. The Morgan fingerprint density at radius 1 is 1.38 bits per heavy atom. The highest BCUT2D eigenvalue weighted by Gasteiger charge is 2.37. The van der Waals surface area contributed by atoms with Gasteiger partial charge in [0.05, 0.1) is 6.07 Å². The molecule has 0 fully saturated rings. The molecule has 0 radical (unpaired) electrons. The van der Waals surface area contributed by atoms with Gasteiger partial charge in [0.25, 0.3) is 10.1 Å². The van der Waals surface area contributed by atoms with Crippen molar-refractivity contribution >= 4 is 39.1 Å². The number of rotatable bonds is 7. The highest BCUT2D eigenvalue weighted by Crippen LogP contribution is 2.26. The van der Waals surface area contributed by atoms with Crippen LogP contribution >= 0.6 is 23.2 Å². The topological polar surface area (TPSA) is 95.2 Å². The summed E-state index contributed by atoms with van der Waals surface area (Å²) >= 11 is 11.0. The van der Waals surface area contributed by atoms with E-state index in [4.69, 9.17) is 33.0 Å². The molecule has 0 unspecified atom stereocenters. The largest absolute Gasteiger partial charge is 0.296 e. The summed E-state index contributed by atoms with van der Waals surface area (Å²) in [4.78, 5) is 11.4. The van der Waals surface area contributed by atoms with Crippen molar-refractivity contribution in [3.63, 3.8) is 0 Å². The van der Waals surface area contributed by atoms with Crippen molar-refractivity contribution < 1.29 is 17.8 Å². The van der Waals surface area contributed by atoms with Crippen molar-refractivity contribution in [1.29, 1.82) is 5.26 Å². The van der Waals surface area contributed by atoms with Crippen LogP contribution in [0.4, 0.5) is 0 Å². The summed E-state index contributed by atoms with van der Waals surface area (Å²) < 4.78 is 27.4. The van der Waals surface area contributed by atoms with Crippen molar-refractivity contribution in [2.45, 2.75) is 30.0 Å². The molecule has 16 heavy (non-hydrogen) atoms. The molecular formula is C8H11Cl2NO4S. The van der Waals surface area contributed by atoms with E-state index < -0.39 is 26.0 Å². The van der Waals surface area contributed by atoms with E-state index in [1.54, 1.807) is 0 Å². The first-order valence-corrected chi connectivity index (χ1v) is 6.79. The molecule has 0 aliphatic heterocycles. The van der Waals surface area contributed by atoms with Gasteiger partial charge in [-0.05, 0) is 12.8 Å². The zero-order chi connectivity index (χ0) is 12.8. The molecule has 0 aromatic rings. The van der Waals surface area contributed by atoms with Crippen LogP contribution in [0.2, 0.25) is 0 Å². The maximum atomic E-state index is 11.4. The van der Waals surface area contributed by atoms with Gasteiger partial charge in [0.2, 0.25) is 0 Å². The lowest BCUT2D eigenvalue weighted by molar-refractivity contribution is -0.119. The van der Waals surface area contributed by atoms with Gasteiger partial charge in [0, 0.05) is 12.8 Å². The molecule has 0 saturated heterocycles. The zero-order valence-electron chi connectivity index (χ0n) is 8.32. The van der Waals surface area contributed by atoms with E-state index in [-0.39, 0.29) is 6.42 Å². The van der Waals surface area contributed by atoms with Crippen molar-refractivity contribution in [2.75, 3.05) is 5.75 Å². The van der Waals surface area contributed by atoms with E-state index in [9.17, 15) is 13.2 Å². The molecule has 5 nitrogen and oxygen atoms in total. The lowest BCUT2D eigenvalue weighted by atomic mass is 10.1. The molecule has 0 spiro atoms. The van der Waals surface area contributed by atoms with Gasteiger partial charge in [0.1, 0.15) is 5.75 Å². The number of nitriles is 1. The van der Waals surface area contributed by atoms with Gasteiger partial charge in [-0.25, -0.2) is 0 Å². The minimum atomic E-state index is -4.40. The van der Waals surface area contributed by atoms with Crippen molar-refractivity contribution in [1.82, 2.24) is 0 Å². The van der Waals surface area contributed by atoms with Gasteiger partial charge in [0.15, 0.2) is 10.1 Å². The van der Waals surface area contributed by atoms with Crippen molar-refractivity contribution in [3.8, 4) is 6.07 Å². The minimum absolute atomic E-state index is 0.0236. The molecule has 0 aromatic carbocycles. The Morgan fingerprint density at radius 3 is 2.38 bits per heavy atom. The normalized spacial score (nSPS) is 12.1. The molecular weight excluding hydrogens is 277 g/mol. The van der Waals surface area contributed by atoms with E-state index >= 15 is 0 Å². The van der Waals surface area contributed by atoms with Crippen molar-refractivity contribution in [3.05, 3.63) is 0 Å². The molecule has 0 atom stereocenters. The second-order valence-corrected chi connectivity index (χ2v) is 6.16. The molecule has 8 heteroatoms. The monoisotopic (exact) mass is 287 g/mol. The molecule has 0 saturated carbocycles. The summed E-state index contributed by atoms with van der Waals surface area (Å²) in [6, 6.07) is 1.91. The molecule has 0 amide bonds. The fourth-order valence-corrected chi connectivity index (χ4v) is 2.62. The lowest BCUT2D eigenvalue weighted by Gasteiger charge is -2.15. The summed E-state index contributed by atoms with van der Waals surface area (Å²) in [5.41, 5.74) is 0. The van der Waals surface area contributed by atoms with E-state index in [0.29, 0.717) is 19.3 Å². The Morgan fingerprint density at radius 2 is 1.94 bits per heavy atom. The minimum Gasteiger partial charge on any atom is -0.296 e. The molecule has 0 aliphatic carbocycles. The van der Waals surface area contributed by atoms with E-state index in [1.807, 2.05) is 6.07 Å². The van der Waals surface area contributed by atoms with Crippen LogP contribution in [-0.4, -0.2) is 28.8 Å². The van der Waals surface area contributed by atoms with Gasteiger partial charge in [-0.1, -0.05) is 23.2 Å². The predicted octanol–water partition coefficient (Wildman–Crippen LogP) is 1.70. The third kappa shape index (κ3) is 7.01. The predicted molar refractivity (Wildman–Crippen MR) is 59.9 cm³/mol. The summed E-state index contributed by atoms with van der Waals surface area (Å²) in [5, 5.41) is 8.24. The number of alkyl halides is 2. The molecule has 0 heterocycles. The summed E-state index contributed by atoms with van der Waals surface area (Å²) in [7, 11) is -4.40. The van der Waals surface area contributed by atoms with Gasteiger partial charge in [-0.2, -0.15) is 13.7 Å². The number of unbranched alkanes of at least 4 members (excludes halogenated alkanes) is 2. The molecule has 0 bridgehead atoms. The molecule has 1 N–H and O–H groups in total. The molecule has 0 aromatic heterocycles. The number of carbonyl (C=O) groups is 1. The average Bonchev–Trinajstić information content (AvgIpc) is 2.08. The smallest absolute Gasteiger partial charge is 0.268 e. The van der Waals surface area contributed by atoms with Gasteiger partial charge in [-0.3, -0.25) is 9.35 Å². The summed E-state index contributed by atoms with van der Waals surface area (Å²) in [6.07, 6.45) is 1.20. The highest BCUT2D eigenvalue weighted by atomic mass is 35.5. The number of Topliss-reactive ketones (excluding diaryl/α,β-unsaturated/α-hetero) is 1. The number of halogens is 2. The van der Waals surface area contributed by atoms with Crippen LogP contribution in [0.15, 0.2) is 0 Å². The Balaban J connectivity index is 4.21. The average molecular weight is 288 g/mol. The van der Waals surface area contributed by atoms with Crippen LogP contribution in [-0.2, 0) is 14.9 Å². The van der Waals surface area contributed by atoms with E-state index in [2.05, 4.69) is 0 Å². The second-order valence-electron chi connectivity index (χ2n) is 3.22. The van der Waals surface area contributed by atoms with Gasteiger partial charge in [-0.15, -0.1) is 0 Å². The quantitative estimate of drug-likeness (QED) is 0.437. The van der Waals surface area contributed by atoms with Crippen LogP contribution in [0.3, 0.4) is 0 Å². The first kappa shape index (κ1) is 15.7. The Kier molecular flexibility index (Phi) is 6.26. The Bertz CT molecular complexity index is 385. The SMILES string of the molecule is N#CCCCCC(=O)C(Cl)(Cl)CS(=O)(=O)O. The summed E-state index contributed by atoms with van der Waals surface area (Å²) in [6.45, 7) is 0. The van der Waals surface area contributed by atoms with Crippen molar-refractivity contribution in [2.24, 2.45) is 0 Å². The zero-order valence-corrected chi connectivity index (χ0v) is 10.6.